The lowest BCUT2D eigenvalue weighted by molar-refractivity contribution is -0.163. The fourth-order valence-electron chi connectivity index (χ4n) is 7.25. The molecule has 56 heavy (non-hydrogen) atoms. The van der Waals surface area contributed by atoms with Crippen molar-refractivity contribution in [2.45, 2.75) is 271 Å². The first-order chi connectivity index (χ1) is 27.6. The summed E-state index contributed by atoms with van der Waals surface area (Å²) in [5.74, 6) is -0.392. The van der Waals surface area contributed by atoms with Gasteiger partial charge in [-0.25, -0.2) is 0 Å². The van der Waals surface area contributed by atoms with Crippen molar-refractivity contribution < 1.29 is 23.8 Å². The van der Waals surface area contributed by atoms with Crippen LogP contribution in [0.2, 0.25) is 0 Å². The molecule has 5 heteroatoms. The topological polar surface area (TPSA) is 61.8 Å². The fourth-order valence-corrected chi connectivity index (χ4v) is 7.25. The van der Waals surface area contributed by atoms with E-state index in [4.69, 9.17) is 14.2 Å². The molecule has 0 amide bonds. The van der Waals surface area contributed by atoms with Gasteiger partial charge in [-0.15, -0.1) is 0 Å². The number of ether oxygens (including phenoxy) is 3. The van der Waals surface area contributed by atoms with E-state index in [1.807, 2.05) is 0 Å². The number of carbonyl (C=O) groups excluding carboxylic acids is 2. The third-order valence-electron chi connectivity index (χ3n) is 11.0. The van der Waals surface area contributed by atoms with Crippen LogP contribution in [0, 0.1) is 0 Å². The van der Waals surface area contributed by atoms with Crippen molar-refractivity contribution in [2.24, 2.45) is 0 Å². The number of allylic oxidation sites excluding steroid dienone is 4. The van der Waals surface area contributed by atoms with Gasteiger partial charge in [0.1, 0.15) is 6.61 Å². The molecule has 330 valence electrons. The van der Waals surface area contributed by atoms with Crippen LogP contribution in [-0.4, -0.2) is 37.9 Å². The van der Waals surface area contributed by atoms with Gasteiger partial charge in [-0.05, 0) is 51.4 Å². The monoisotopic (exact) mass is 789 g/mol. The van der Waals surface area contributed by atoms with Gasteiger partial charge in [-0.2, -0.15) is 0 Å². The van der Waals surface area contributed by atoms with E-state index in [9.17, 15) is 9.59 Å². The first kappa shape index (κ1) is 54.4. The number of hydrogen-bond acceptors (Lipinski definition) is 5. The predicted molar refractivity (Wildman–Crippen MR) is 242 cm³/mol. The summed E-state index contributed by atoms with van der Waals surface area (Å²) in [5, 5.41) is 0. The largest absolute Gasteiger partial charge is 0.462 e. The van der Waals surface area contributed by atoms with Crippen LogP contribution in [0.25, 0.3) is 0 Å². The van der Waals surface area contributed by atoms with Gasteiger partial charge in [-0.3, -0.25) is 9.59 Å². The zero-order valence-electron chi connectivity index (χ0n) is 37.9. The van der Waals surface area contributed by atoms with Gasteiger partial charge in [0.05, 0.1) is 6.61 Å². The standard InChI is InChI=1S/C51H96O5/c1-4-7-10-13-16-19-21-23-25-26-28-29-31-33-35-38-41-44-50(52)55-48-49(47-54-46-43-40-37-18-15-12-9-6-3)56-51(53)45-42-39-36-34-32-30-27-24-22-20-17-14-11-8-5-2/h16,19,23,25,49H,4-15,17-18,20-22,24,26-48H2,1-3H3/b19-16-,25-23-. The zero-order valence-corrected chi connectivity index (χ0v) is 37.9. The average Bonchev–Trinajstić information content (AvgIpc) is 3.20. The molecular weight excluding hydrogens is 693 g/mol. The van der Waals surface area contributed by atoms with Crippen molar-refractivity contribution in [3.8, 4) is 0 Å². The summed E-state index contributed by atoms with van der Waals surface area (Å²) in [6.45, 7) is 7.82. The fraction of sp³-hybridized carbons (Fsp3) is 0.882. The van der Waals surface area contributed by atoms with Gasteiger partial charge in [0.2, 0.25) is 0 Å². The molecule has 0 aromatic carbocycles. The van der Waals surface area contributed by atoms with Crippen LogP contribution in [0.3, 0.4) is 0 Å². The van der Waals surface area contributed by atoms with Crippen LogP contribution in [0.1, 0.15) is 265 Å². The Morgan fingerprint density at radius 2 is 0.750 bits per heavy atom. The zero-order chi connectivity index (χ0) is 40.7. The first-order valence-corrected chi connectivity index (χ1v) is 24.9. The van der Waals surface area contributed by atoms with E-state index in [-0.39, 0.29) is 18.5 Å². The molecule has 0 rings (SSSR count). The molecule has 0 aliphatic rings. The molecule has 0 saturated heterocycles. The highest BCUT2D eigenvalue weighted by Gasteiger charge is 2.17. The van der Waals surface area contributed by atoms with E-state index in [0.717, 1.165) is 44.9 Å². The first-order valence-electron chi connectivity index (χ1n) is 24.9. The minimum Gasteiger partial charge on any atom is -0.462 e. The summed E-state index contributed by atoms with van der Waals surface area (Å²) < 4.78 is 17.3. The van der Waals surface area contributed by atoms with Crippen molar-refractivity contribution in [1.82, 2.24) is 0 Å². The second kappa shape index (κ2) is 47.8. The van der Waals surface area contributed by atoms with Gasteiger partial charge in [0.15, 0.2) is 6.10 Å². The second-order valence-electron chi connectivity index (χ2n) is 16.7. The second-order valence-corrected chi connectivity index (χ2v) is 16.7. The molecule has 0 aliphatic heterocycles. The van der Waals surface area contributed by atoms with E-state index in [2.05, 4.69) is 45.1 Å². The number of rotatable bonds is 46. The van der Waals surface area contributed by atoms with Gasteiger partial charge in [0, 0.05) is 19.4 Å². The molecule has 0 saturated carbocycles. The number of hydrogen-bond donors (Lipinski definition) is 0. The maximum Gasteiger partial charge on any atom is 0.306 e. The Morgan fingerprint density at radius 1 is 0.393 bits per heavy atom. The molecule has 0 aromatic rings. The molecule has 0 bridgehead atoms. The Morgan fingerprint density at radius 3 is 1.21 bits per heavy atom. The number of esters is 2. The summed E-state index contributed by atoms with van der Waals surface area (Å²) in [4.78, 5) is 25.3. The lowest BCUT2D eigenvalue weighted by Gasteiger charge is -2.18. The molecule has 0 N–H and O–H groups in total. The lowest BCUT2D eigenvalue weighted by Crippen LogP contribution is -2.30. The van der Waals surface area contributed by atoms with Crippen LogP contribution < -0.4 is 0 Å². The smallest absolute Gasteiger partial charge is 0.306 e. The van der Waals surface area contributed by atoms with E-state index < -0.39 is 6.10 Å². The van der Waals surface area contributed by atoms with Crippen LogP contribution >= 0.6 is 0 Å². The van der Waals surface area contributed by atoms with E-state index in [1.54, 1.807) is 0 Å². The molecular formula is C51H96O5. The minimum absolute atomic E-state index is 0.0878. The molecule has 5 nitrogen and oxygen atoms in total. The molecule has 0 radical (unpaired) electrons. The minimum atomic E-state index is -0.529. The Bertz CT molecular complexity index is 851. The summed E-state index contributed by atoms with van der Waals surface area (Å²) in [6, 6.07) is 0. The van der Waals surface area contributed by atoms with Crippen molar-refractivity contribution >= 4 is 11.9 Å². The van der Waals surface area contributed by atoms with Crippen molar-refractivity contribution in [1.29, 1.82) is 0 Å². The molecule has 0 aliphatic carbocycles. The highest BCUT2D eigenvalue weighted by atomic mass is 16.6. The Balaban J connectivity index is 4.14. The number of unbranched alkanes of at least 4 members (excludes halogenated alkanes) is 31. The molecule has 1 unspecified atom stereocenters. The van der Waals surface area contributed by atoms with Gasteiger partial charge >= 0.3 is 11.9 Å². The van der Waals surface area contributed by atoms with E-state index >= 15 is 0 Å². The average molecular weight is 789 g/mol. The highest BCUT2D eigenvalue weighted by molar-refractivity contribution is 5.70. The summed E-state index contributed by atoms with van der Waals surface area (Å²) in [6.07, 6.45) is 54.6. The third kappa shape index (κ3) is 45.1. The highest BCUT2D eigenvalue weighted by Crippen LogP contribution is 2.15. The molecule has 0 heterocycles. The summed E-state index contributed by atoms with van der Waals surface area (Å²) in [7, 11) is 0. The maximum absolute atomic E-state index is 12.7. The predicted octanol–water partition coefficient (Wildman–Crippen LogP) is 16.5. The van der Waals surface area contributed by atoms with Crippen molar-refractivity contribution in [3.63, 3.8) is 0 Å². The summed E-state index contributed by atoms with van der Waals surface area (Å²) in [5.41, 5.74) is 0. The molecule has 1 atom stereocenters. The Labute approximate surface area is 349 Å². The Hall–Kier alpha value is -1.62. The molecule has 0 aromatic heterocycles. The Kier molecular flexibility index (Phi) is 46.4. The van der Waals surface area contributed by atoms with Gasteiger partial charge < -0.3 is 14.2 Å². The van der Waals surface area contributed by atoms with Crippen molar-refractivity contribution in [3.05, 3.63) is 24.3 Å². The molecule has 0 fully saturated rings. The maximum atomic E-state index is 12.7. The van der Waals surface area contributed by atoms with Gasteiger partial charge in [0.25, 0.3) is 0 Å². The van der Waals surface area contributed by atoms with Gasteiger partial charge in [-0.1, -0.05) is 225 Å². The lowest BCUT2D eigenvalue weighted by atomic mass is 10.0. The van der Waals surface area contributed by atoms with Crippen LogP contribution in [0.4, 0.5) is 0 Å². The molecule has 0 spiro atoms. The quantitative estimate of drug-likeness (QED) is 0.0349. The SMILES string of the molecule is CCCCC/C=C\C/C=C\CCCCCCCCCC(=O)OCC(COCCCCCCCCCC)OC(=O)CCCCCCCCCCCCCCCCC. The van der Waals surface area contributed by atoms with Crippen LogP contribution in [0.5, 0.6) is 0 Å². The van der Waals surface area contributed by atoms with Crippen LogP contribution in [0.15, 0.2) is 24.3 Å². The van der Waals surface area contributed by atoms with Crippen LogP contribution in [-0.2, 0) is 23.8 Å². The van der Waals surface area contributed by atoms with E-state index in [0.29, 0.717) is 26.1 Å². The normalized spacial score (nSPS) is 12.3. The number of carbonyl (C=O) groups is 2. The summed E-state index contributed by atoms with van der Waals surface area (Å²) >= 11 is 0. The van der Waals surface area contributed by atoms with E-state index in [1.165, 1.54) is 186 Å². The van der Waals surface area contributed by atoms with Crippen molar-refractivity contribution in [2.75, 3.05) is 19.8 Å². The third-order valence-corrected chi connectivity index (χ3v) is 11.0.